The van der Waals surface area contributed by atoms with Crippen molar-refractivity contribution in [3.05, 3.63) is 57.4 Å². The van der Waals surface area contributed by atoms with E-state index < -0.39 is 0 Å². The summed E-state index contributed by atoms with van der Waals surface area (Å²) in [6.45, 7) is 27.7. The molecular weight excluding hydrogens is 448 g/mol. The van der Waals surface area contributed by atoms with E-state index in [1.807, 2.05) is 33.8 Å². The van der Waals surface area contributed by atoms with Crippen LogP contribution in [0.1, 0.15) is 101 Å². The van der Waals surface area contributed by atoms with Gasteiger partial charge in [-0.15, -0.1) is 11.3 Å². The summed E-state index contributed by atoms with van der Waals surface area (Å²) in [5.74, 6) is 0.862. The molecule has 5 heteroatoms. The number of aromatic nitrogens is 3. The van der Waals surface area contributed by atoms with Crippen LogP contribution in [0.5, 0.6) is 0 Å². The lowest BCUT2D eigenvalue weighted by Gasteiger charge is -2.45. The van der Waals surface area contributed by atoms with Crippen LogP contribution in [0.3, 0.4) is 0 Å². The largest absolute Gasteiger partial charge is 0.307 e. The van der Waals surface area contributed by atoms with E-state index in [2.05, 4.69) is 99.3 Å². The Morgan fingerprint density at radius 3 is 2.23 bits per heavy atom. The molecule has 1 N–H and O–H groups in total. The molecule has 0 amide bonds. The van der Waals surface area contributed by atoms with Gasteiger partial charge in [0.1, 0.15) is 5.65 Å². The van der Waals surface area contributed by atoms with Gasteiger partial charge in [0.25, 0.3) is 0 Å². The predicted molar refractivity (Wildman–Crippen MR) is 156 cm³/mol. The first-order valence-corrected chi connectivity index (χ1v) is 13.6. The third kappa shape index (κ3) is 7.88. The Hall–Kier alpha value is -2.24. The van der Waals surface area contributed by atoms with Gasteiger partial charge in [0.15, 0.2) is 0 Å². The van der Waals surface area contributed by atoms with Crippen LogP contribution in [0.2, 0.25) is 0 Å². The van der Waals surface area contributed by atoms with Crippen LogP contribution in [0.15, 0.2) is 25.0 Å². The molecule has 0 saturated carbocycles. The fraction of sp³-hybridized carbons (Fsp3) is 0.533. The number of piperidine rings is 1. The highest BCUT2D eigenvalue weighted by Crippen LogP contribution is 2.32. The lowest BCUT2D eigenvalue weighted by molar-refractivity contribution is 0.138. The highest BCUT2D eigenvalue weighted by Gasteiger charge is 2.35. The second-order valence-corrected chi connectivity index (χ2v) is 12.2. The number of hydrogen-bond acceptors (Lipinski definition) is 4. The summed E-state index contributed by atoms with van der Waals surface area (Å²) in [5, 5.41) is 4.72. The Morgan fingerprint density at radius 1 is 1.09 bits per heavy atom. The Bertz CT molecular complexity index is 1160. The monoisotopic (exact) mass is 494 g/mol. The van der Waals surface area contributed by atoms with E-state index >= 15 is 0 Å². The molecule has 3 aromatic heterocycles. The number of rotatable bonds is 3. The number of aryl methyl sites for hydroxylation is 3. The molecule has 1 saturated heterocycles. The first-order chi connectivity index (χ1) is 16.3. The smallest absolute Gasteiger partial charge is 0.139 e. The molecule has 4 heterocycles. The summed E-state index contributed by atoms with van der Waals surface area (Å²) in [5.41, 5.74) is 7.28. The fourth-order valence-electron chi connectivity index (χ4n) is 5.43. The number of fused-ring (bicyclic) bond motifs is 1. The van der Waals surface area contributed by atoms with E-state index in [-0.39, 0.29) is 0 Å². The second kappa shape index (κ2) is 11.7. The highest BCUT2D eigenvalue weighted by atomic mass is 32.1. The van der Waals surface area contributed by atoms with Gasteiger partial charge in [-0.3, -0.25) is 0 Å². The van der Waals surface area contributed by atoms with E-state index in [0.717, 1.165) is 32.8 Å². The van der Waals surface area contributed by atoms with E-state index in [0.29, 0.717) is 11.1 Å². The van der Waals surface area contributed by atoms with E-state index in [9.17, 15) is 0 Å². The number of hydrogen-bond donors (Lipinski definition) is 1. The van der Waals surface area contributed by atoms with Gasteiger partial charge in [-0.25, -0.2) is 9.97 Å². The van der Waals surface area contributed by atoms with Crippen molar-refractivity contribution in [1.82, 2.24) is 19.7 Å². The molecule has 0 aliphatic carbocycles. The maximum Gasteiger partial charge on any atom is 0.139 e. The Labute approximate surface area is 217 Å². The van der Waals surface area contributed by atoms with Gasteiger partial charge in [-0.2, -0.15) is 0 Å². The minimum absolute atomic E-state index is 0.334. The molecule has 1 aliphatic rings. The quantitative estimate of drug-likeness (QED) is 0.397. The SMILES string of the molecule is C=Cc1nc(C)sc1/C=C(\C)c1cc(C)c2nc(C)cn2c1.CC.CC1CC(C)(C)NC(C)(C)C1. The number of thiazole rings is 1. The molecular formula is C30H46N4S. The van der Waals surface area contributed by atoms with Crippen LogP contribution in [0, 0.1) is 26.7 Å². The van der Waals surface area contributed by atoms with Crippen molar-refractivity contribution in [2.75, 3.05) is 0 Å². The molecule has 4 rings (SSSR count). The van der Waals surface area contributed by atoms with Crippen molar-refractivity contribution in [2.45, 2.75) is 100 Å². The molecule has 192 valence electrons. The van der Waals surface area contributed by atoms with Crippen LogP contribution < -0.4 is 5.32 Å². The number of pyridine rings is 1. The van der Waals surface area contributed by atoms with E-state index in [1.54, 1.807) is 11.3 Å². The number of imidazole rings is 1. The molecule has 0 spiro atoms. The van der Waals surface area contributed by atoms with Gasteiger partial charge in [0.05, 0.1) is 21.3 Å². The van der Waals surface area contributed by atoms with Crippen LogP contribution >= 0.6 is 11.3 Å². The topological polar surface area (TPSA) is 42.2 Å². The van der Waals surface area contributed by atoms with Gasteiger partial charge in [0.2, 0.25) is 0 Å². The first-order valence-electron chi connectivity index (χ1n) is 12.8. The number of allylic oxidation sites excluding steroid dienone is 1. The lowest BCUT2D eigenvalue weighted by Crippen LogP contribution is -2.57. The fourth-order valence-corrected chi connectivity index (χ4v) is 6.36. The summed E-state index contributed by atoms with van der Waals surface area (Å²) >= 11 is 1.70. The standard InChI is InChI=1S/C18H19N3S.C10H21N.C2H6/c1-6-16-17(22-14(5)20-16)8-11(2)15-7-12(3)18-19-13(4)9-21(18)10-15;1-8-6-9(2,3)11-10(4,5)7-8;1-2/h6-10H,1H2,2-5H3;8,11H,6-7H2,1-5H3;1-2H3/b11-8+;;. The van der Waals surface area contributed by atoms with Crippen LogP contribution in [0.4, 0.5) is 0 Å². The van der Waals surface area contributed by atoms with Gasteiger partial charge < -0.3 is 9.72 Å². The van der Waals surface area contributed by atoms with Gasteiger partial charge in [0, 0.05) is 23.5 Å². The van der Waals surface area contributed by atoms with Crippen LogP contribution in [-0.2, 0) is 0 Å². The Morgan fingerprint density at radius 2 is 1.69 bits per heavy atom. The summed E-state index contributed by atoms with van der Waals surface area (Å²) in [6.07, 6.45) is 10.8. The number of nitrogens with one attached hydrogen (secondary N) is 1. The Kier molecular flexibility index (Phi) is 9.66. The molecule has 1 aliphatic heterocycles. The first kappa shape index (κ1) is 29.0. The summed E-state index contributed by atoms with van der Waals surface area (Å²) in [4.78, 5) is 10.2. The molecule has 0 radical (unpaired) electrons. The normalized spacial score (nSPS) is 17.3. The Balaban J connectivity index is 0.000000280. The van der Waals surface area contributed by atoms with Crippen LogP contribution in [0.25, 0.3) is 23.4 Å². The number of nitrogens with zero attached hydrogens (tertiary/aromatic N) is 3. The van der Waals surface area contributed by atoms with Crippen LogP contribution in [-0.4, -0.2) is 25.4 Å². The molecule has 0 atom stereocenters. The zero-order chi connectivity index (χ0) is 26.6. The van der Waals surface area contributed by atoms with Crippen molar-refractivity contribution in [3.63, 3.8) is 0 Å². The third-order valence-electron chi connectivity index (χ3n) is 6.03. The minimum atomic E-state index is 0.334. The van der Waals surface area contributed by atoms with E-state index in [1.165, 1.54) is 29.5 Å². The molecule has 3 aromatic rings. The van der Waals surface area contributed by atoms with Crippen molar-refractivity contribution in [1.29, 1.82) is 0 Å². The minimum Gasteiger partial charge on any atom is -0.307 e. The average molecular weight is 495 g/mol. The average Bonchev–Trinajstić information content (AvgIpc) is 3.28. The van der Waals surface area contributed by atoms with Crippen molar-refractivity contribution < 1.29 is 0 Å². The highest BCUT2D eigenvalue weighted by molar-refractivity contribution is 7.12. The van der Waals surface area contributed by atoms with Crippen molar-refractivity contribution >= 4 is 34.7 Å². The van der Waals surface area contributed by atoms with Crippen molar-refractivity contribution in [3.8, 4) is 0 Å². The second-order valence-electron chi connectivity index (χ2n) is 10.9. The molecule has 35 heavy (non-hydrogen) atoms. The molecule has 4 nitrogen and oxygen atoms in total. The van der Waals surface area contributed by atoms with Gasteiger partial charge in [-0.05, 0) is 109 Å². The molecule has 0 unspecified atom stereocenters. The molecule has 0 bridgehead atoms. The van der Waals surface area contributed by atoms with E-state index in [4.69, 9.17) is 0 Å². The van der Waals surface area contributed by atoms with Crippen molar-refractivity contribution in [2.24, 2.45) is 5.92 Å². The molecule has 0 aromatic carbocycles. The molecule has 1 fully saturated rings. The maximum absolute atomic E-state index is 4.55. The maximum atomic E-state index is 4.55. The lowest BCUT2D eigenvalue weighted by atomic mass is 9.77. The summed E-state index contributed by atoms with van der Waals surface area (Å²) < 4.78 is 2.10. The third-order valence-corrected chi connectivity index (χ3v) is 6.97. The summed E-state index contributed by atoms with van der Waals surface area (Å²) in [6, 6.07) is 2.19. The predicted octanol–water partition coefficient (Wildman–Crippen LogP) is 8.51. The zero-order valence-corrected chi connectivity index (χ0v) is 24.7. The van der Waals surface area contributed by atoms with Gasteiger partial charge >= 0.3 is 0 Å². The zero-order valence-electron chi connectivity index (χ0n) is 23.8. The van der Waals surface area contributed by atoms with Gasteiger partial charge in [-0.1, -0.05) is 27.4 Å². The summed E-state index contributed by atoms with van der Waals surface area (Å²) in [7, 11) is 0.